The van der Waals surface area contributed by atoms with Gasteiger partial charge in [0, 0.05) is 17.6 Å². The van der Waals surface area contributed by atoms with Gasteiger partial charge in [0.05, 0.1) is 0 Å². The zero-order chi connectivity index (χ0) is 11.4. The molecule has 1 nitrogen and oxygen atoms in total. The lowest BCUT2D eigenvalue weighted by molar-refractivity contribution is 0.866. The molecule has 1 aromatic rings. The van der Waals surface area contributed by atoms with Crippen LogP contribution in [0.15, 0.2) is 30.0 Å². The van der Waals surface area contributed by atoms with Crippen molar-refractivity contribution in [3.8, 4) is 0 Å². The summed E-state index contributed by atoms with van der Waals surface area (Å²) in [7, 11) is 1.91. The molecule has 0 amide bonds. The normalized spacial score (nSPS) is 12.7. The highest BCUT2D eigenvalue weighted by atomic mass is 32.1. The second-order valence-electron chi connectivity index (χ2n) is 4.00. The van der Waals surface area contributed by atoms with Crippen molar-refractivity contribution in [2.24, 2.45) is 0 Å². The van der Waals surface area contributed by atoms with Gasteiger partial charge in [-0.1, -0.05) is 38.1 Å². The maximum atomic E-state index is 4.50. The summed E-state index contributed by atoms with van der Waals surface area (Å²) < 4.78 is 0. The van der Waals surface area contributed by atoms with E-state index in [-0.39, 0.29) is 0 Å². The lowest BCUT2D eigenvalue weighted by Crippen LogP contribution is -2.03. The van der Waals surface area contributed by atoms with E-state index in [0.29, 0.717) is 5.92 Å². The second kappa shape index (κ2) is 5.26. The molecule has 0 aliphatic heterocycles. The molecule has 0 radical (unpaired) electrons. The van der Waals surface area contributed by atoms with E-state index in [1.807, 2.05) is 14.0 Å². The quantitative estimate of drug-likeness (QED) is 0.742. The lowest BCUT2D eigenvalue weighted by Gasteiger charge is -2.09. The highest BCUT2D eigenvalue weighted by Gasteiger charge is 2.02. The average Bonchev–Trinajstić information content (AvgIpc) is 2.27. The van der Waals surface area contributed by atoms with Crippen molar-refractivity contribution in [3.63, 3.8) is 0 Å². The van der Waals surface area contributed by atoms with Crippen LogP contribution in [0.4, 0.5) is 0 Å². The summed E-state index contributed by atoms with van der Waals surface area (Å²) in [6, 6.07) is 8.58. The topological polar surface area (TPSA) is 12.0 Å². The first-order valence-electron chi connectivity index (χ1n) is 5.24. The van der Waals surface area contributed by atoms with Crippen molar-refractivity contribution in [3.05, 3.63) is 41.1 Å². The highest BCUT2D eigenvalue weighted by molar-refractivity contribution is 7.90. The smallest absolute Gasteiger partial charge is 0.0300 e. The fourth-order valence-electron chi connectivity index (χ4n) is 1.36. The van der Waals surface area contributed by atoms with Gasteiger partial charge < -0.3 is 5.32 Å². The molecule has 1 N–H and O–H groups in total. The van der Waals surface area contributed by atoms with Gasteiger partial charge in [-0.3, -0.25) is 0 Å². The van der Waals surface area contributed by atoms with Crippen molar-refractivity contribution >= 4 is 17.5 Å². The third-order valence-corrected chi connectivity index (χ3v) is 3.17. The molecule has 0 fully saturated rings. The number of allylic oxidation sites excluding steroid dienone is 1. The molecular formula is C13H19NS. The third-order valence-electron chi connectivity index (χ3n) is 2.58. The molecule has 0 atom stereocenters. The summed E-state index contributed by atoms with van der Waals surface area (Å²) in [6.07, 6.45) is 0. The van der Waals surface area contributed by atoms with Crippen molar-refractivity contribution in [1.29, 1.82) is 0 Å². The predicted molar refractivity (Wildman–Crippen MR) is 71.2 cm³/mol. The summed E-state index contributed by atoms with van der Waals surface area (Å²) in [5.74, 6) is 0.580. The first-order chi connectivity index (χ1) is 7.06. The molecule has 0 saturated carbocycles. The van der Waals surface area contributed by atoms with Gasteiger partial charge in [0.15, 0.2) is 0 Å². The van der Waals surface area contributed by atoms with Gasteiger partial charge in [0.1, 0.15) is 0 Å². The van der Waals surface area contributed by atoms with Gasteiger partial charge in [-0.15, -0.1) is 12.6 Å². The van der Waals surface area contributed by atoms with Crippen LogP contribution in [0.1, 0.15) is 37.8 Å². The Kier molecular flexibility index (Phi) is 4.28. The maximum absolute atomic E-state index is 4.50. The summed E-state index contributed by atoms with van der Waals surface area (Å²) in [6.45, 7) is 6.43. The Morgan fingerprint density at radius 2 is 1.73 bits per heavy atom. The van der Waals surface area contributed by atoms with Crippen LogP contribution in [-0.4, -0.2) is 7.05 Å². The molecule has 1 aromatic carbocycles. The number of thiol groups is 1. The van der Waals surface area contributed by atoms with Crippen LogP contribution in [0.25, 0.3) is 4.91 Å². The van der Waals surface area contributed by atoms with E-state index < -0.39 is 0 Å². The SMILES string of the molecule is CN/C(C)=C(\S)c1ccc(C(C)C)cc1. The molecule has 0 aliphatic rings. The van der Waals surface area contributed by atoms with Crippen LogP contribution in [0.2, 0.25) is 0 Å². The van der Waals surface area contributed by atoms with E-state index in [2.05, 4.69) is 56.1 Å². The van der Waals surface area contributed by atoms with Crippen LogP contribution in [0.5, 0.6) is 0 Å². The van der Waals surface area contributed by atoms with Gasteiger partial charge in [-0.2, -0.15) is 0 Å². The van der Waals surface area contributed by atoms with Crippen molar-refractivity contribution < 1.29 is 0 Å². The minimum Gasteiger partial charge on any atom is -0.391 e. The largest absolute Gasteiger partial charge is 0.391 e. The van der Waals surface area contributed by atoms with Crippen LogP contribution in [-0.2, 0) is 0 Å². The van der Waals surface area contributed by atoms with Crippen molar-refractivity contribution in [2.45, 2.75) is 26.7 Å². The van der Waals surface area contributed by atoms with Gasteiger partial charge >= 0.3 is 0 Å². The number of nitrogens with one attached hydrogen (secondary N) is 1. The van der Waals surface area contributed by atoms with Gasteiger partial charge in [-0.25, -0.2) is 0 Å². The Bertz CT molecular complexity index is 349. The highest BCUT2D eigenvalue weighted by Crippen LogP contribution is 2.23. The number of benzene rings is 1. The second-order valence-corrected chi connectivity index (χ2v) is 4.45. The minimum atomic E-state index is 0.580. The molecule has 15 heavy (non-hydrogen) atoms. The fraction of sp³-hybridized carbons (Fsp3) is 0.385. The molecule has 2 heteroatoms. The van der Waals surface area contributed by atoms with E-state index in [1.54, 1.807) is 0 Å². The summed E-state index contributed by atoms with van der Waals surface area (Å²) in [5, 5.41) is 3.10. The van der Waals surface area contributed by atoms with Gasteiger partial charge in [0.25, 0.3) is 0 Å². The molecule has 0 aliphatic carbocycles. The molecule has 0 unspecified atom stereocenters. The third kappa shape index (κ3) is 3.03. The first kappa shape index (κ1) is 12.2. The monoisotopic (exact) mass is 221 g/mol. The molecule has 0 aromatic heterocycles. The van der Waals surface area contributed by atoms with E-state index in [9.17, 15) is 0 Å². The standard InChI is InChI=1S/C13H19NS/c1-9(2)11-5-7-12(8-6-11)13(15)10(3)14-4/h5-9,14-15H,1-4H3/b13-10-. The number of hydrogen-bond acceptors (Lipinski definition) is 2. The molecule has 1 rings (SSSR count). The molecule has 82 valence electrons. The first-order valence-corrected chi connectivity index (χ1v) is 5.69. The lowest BCUT2D eigenvalue weighted by atomic mass is 10.0. The minimum absolute atomic E-state index is 0.580. The molecular weight excluding hydrogens is 202 g/mol. The van der Waals surface area contributed by atoms with Gasteiger partial charge in [0.2, 0.25) is 0 Å². The number of rotatable bonds is 3. The molecule has 0 bridgehead atoms. The van der Waals surface area contributed by atoms with Crippen LogP contribution in [0.3, 0.4) is 0 Å². The summed E-state index contributed by atoms with van der Waals surface area (Å²) >= 11 is 4.50. The molecule has 0 saturated heterocycles. The Balaban J connectivity index is 2.99. The maximum Gasteiger partial charge on any atom is 0.0300 e. The van der Waals surface area contributed by atoms with Gasteiger partial charge in [-0.05, 0) is 24.0 Å². The average molecular weight is 221 g/mol. The Hall–Kier alpha value is -0.890. The van der Waals surface area contributed by atoms with E-state index in [1.165, 1.54) is 5.56 Å². The predicted octanol–water partition coefficient (Wildman–Crippen LogP) is 3.65. The summed E-state index contributed by atoms with van der Waals surface area (Å²) in [4.78, 5) is 1.01. The Morgan fingerprint density at radius 1 is 1.20 bits per heavy atom. The summed E-state index contributed by atoms with van der Waals surface area (Å²) in [5.41, 5.74) is 3.62. The van der Waals surface area contributed by atoms with Crippen LogP contribution < -0.4 is 5.32 Å². The Labute approximate surface area is 98.0 Å². The van der Waals surface area contributed by atoms with Crippen molar-refractivity contribution in [1.82, 2.24) is 5.32 Å². The fourth-order valence-corrected chi connectivity index (χ4v) is 1.62. The van der Waals surface area contributed by atoms with Crippen LogP contribution >= 0.6 is 12.6 Å². The zero-order valence-electron chi connectivity index (χ0n) is 9.83. The van der Waals surface area contributed by atoms with E-state index in [0.717, 1.165) is 16.2 Å². The van der Waals surface area contributed by atoms with Crippen LogP contribution in [0, 0.1) is 0 Å². The molecule has 0 heterocycles. The Morgan fingerprint density at radius 3 is 2.13 bits per heavy atom. The van der Waals surface area contributed by atoms with Crippen molar-refractivity contribution in [2.75, 3.05) is 7.05 Å². The number of hydrogen-bond donors (Lipinski definition) is 2. The van der Waals surface area contributed by atoms with E-state index in [4.69, 9.17) is 0 Å². The zero-order valence-corrected chi connectivity index (χ0v) is 10.7. The molecule has 0 spiro atoms. The van der Waals surface area contributed by atoms with E-state index >= 15 is 0 Å².